The smallest absolute Gasteiger partial charge is 0.123 e. The molecule has 0 spiro atoms. The Hall–Kier alpha value is -0.510. The zero-order chi connectivity index (χ0) is 12.7. The van der Waals surface area contributed by atoms with Gasteiger partial charge in [0.2, 0.25) is 0 Å². The average Bonchev–Trinajstić information content (AvgIpc) is 2.91. The molecule has 1 aromatic heterocycles. The lowest BCUT2D eigenvalue weighted by Crippen LogP contribution is -2.19. The van der Waals surface area contributed by atoms with E-state index in [4.69, 9.17) is 16.3 Å². The minimum absolute atomic E-state index is 0.0317. The lowest BCUT2D eigenvalue weighted by atomic mass is 10.0. The number of hydrogen-bond donors (Lipinski definition) is 0. The molecule has 2 heterocycles. The SMILES string of the molecule is Cc1sc(Br)cc1C(Cl)C1Cc2ccccc2O1. The first-order valence-corrected chi connectivity index (χ1v) is 7.84. The van der Waals surface area contributed by atoms with E-state index in [1.54, 1.807) is 11.3 Å². The summed E-state index contributed by atoms with van der Waals surface area (Å²) < 4.78 is 7.07. The predicted molar refractivity (Wildman–Crippen MR) is 79.9 cm³/mol. The van der Waals surface area contributed by atoms with Crippen LogP contribution in [-0.4, -0.2) is 6.10 Å². The molecule has 18 heavy (non-hydrogen) atoms. The number of para-hydroxylation sites is 1. The summed E-state index contributed by atoms with van der Waals surface area (Å²) in [5.41, 5.74) is 2.42. The van der Waals surface area contributed by atoms with Crippen LogP contribution in [0.1, 0.15) is 21.4 Å². The third-order valence-electron chi connectivity index (χ3n) is 3.22. The molecule has 94 valence electrons. The van der Waals surface area contributed by atoms with Gasteiger partial charge in [0, 0.05) is 11.3 Å². The fraction of sp³-hybridized carbons (Fsp3) is 0.286. The van der Waals surface area contributed by atoms with Gasteiger partial charge in [0.15, 0.2) is 0 Å². The van der Waals surface area contributed by atoms with Crippen molar-refractivity contribution in [3.63, 3.8) is 0 Å². The summed E-state index contributed by atoms with van der Waals surface area (Å²) in [5.74, 6) is 0.972. The van der Waals surface area contributed by atoms with Gasteiger partial charge in [-0.15, -0.1) is 22.9 Å². The lowest BCUT2D eigenvalue weighted by molar-refractivity contribution is 0.227. The number of hydrogen-bond acceptors (Lipinski definition) is 2. The van der Waals surface area contributed by atoms with Crippen LogP contribution in [0.5, 0.6) is 5.75 Å². The number of rotatable bonds is 2. The number of aryl methyl sites for hydroxylation is 1. The molecule has 1 aliphatic heterocycles. The Morgan fingerprint density at radius 3 is 2.89 bits per heavy atom. The fourth-order valence-electron chi connectivity index (χ4n) is 2.30. The van der Waals surface area contributed by atoms with Gasteiger partial charge in [-0.3, -0.25) is 0 Å². The largest absolute Gasteiger partial charge is 0.488 e. The van der Waals surface area contributed by atoms with Crippen molar-refractivity contribution in [2.24, 2.45) is 0 Å². The molecule has 1 aliphatic rings. The summed E-state index contributed by atoms with van der Waals surface area (Å²) in [5, 5.41) is -0.0973. The highest BCUT2D eigenvalue weighted by Crippen LogP contribution is 2.41. The summed E-state index contributed by atoms with van der Waals surface area (Å²) in [6.07, 6.45) is 0.918. The Bertz CT molecular complexity index is 556. The van der Waals surface area contributed by atoms with Crippen molar-refractivity contribution in [3.05, 3.63) is 50.1 Å². The second-order valence-electron chi connectivity index (χ2n) is 4.43. The lowest BCUT2D eigenvalue weighted by Gasteiger charge is -2.17. The zero-order valence-corrected chi connectivity index (χ0v) is 13.0. The van der Waals surface area contributed by atoms with Gasteiger partial charge in [-0.25, -0.2) is 0 Å². The van der Waals surface area contributed by atoms with Crippen molar-refractivity contribution >= 4 is 38.9 Å². The number of halogens is 2. The minimum Gasteiger partial charge on any atom is -0.488 e. The van der Waals surface area contributed by atoms with Crippen LogP contribution in [0.4, 0.5) is 0 Å². The Morgan fingerprint density at radius 1 is 1.44 bits per heavy atom. The Labute approximate surface area is 124 Å². The van der Waals surface area contributed by atoms with Gasteiger partial charge in [0.05, 0.1) is 9.16 Å². The molecule has 2 atom stereocenters. The molecule has 0 bridgehead atoms. The maximum Gasteiger partial charge on any atom is 0.123 e. The molecule has 1 nitrogen and oxygen atoms in total. The standard InChI is InChI=1S/C14H12BrClOS/c1-8-10(7-13(15)18-8)14(16)12-6-9-4-2-3-5-11(9)17-12/h2-5,7,12,14H,6H2,1H3. The van der Waals surface area contributed by atoms with Crippen molar-refractivity contribution < 1.29 is 4.74 Å². The van der Waals surface area contributed by atoms with Gasteiger partial charge in [-0.05, 0) is 46.1 Å². The van der Waals surface area contributed by atoms with Crippen molar-refractivity contribution in [1.82, 2.24) is 0 Å². The Balaban J connectivity index is 1.84. The summed E-state index contributed by atoms with van der Waals surface area (Å²) >= 11 is 11.8. The number of ether oxygens (including phenoxy) is 1. The number of fused-ring (bicyclic) bond motifs is 1. The van der Waals surface area contributed by atoms with E-state index < -0.39 is 0 Å². The molecule has 0 aliphatic carbocycles. The first kappa shape index (κ1) is 12.5. The molecule has 4 heteroatoms. The molecule has 2 aromatic rings. The average molecular weight is 344 g/mol. The summed E-state index contributed by atoms with van der Waals surface area (Å²) in [6.45, 7) is 2.10. The predicted octanol–water partition coefficient (Wildman–Crippen LogP) is 5.10. The normalized spacial score (nSPS) is 19.4. The van der Waals surface area contributed by atoms with Gasteiger partial charge >= 0.3 is 0 Å². The third-order valence-corrected chi connectivity index (χ3v) is 5.31. The molecule has 0 fully saturated rings. The second kappa shape index (κ2) is 4.87. The first-order chi connectivity index (χ1) is 8.65. The van der Waals surface area contributed by atoms with Crippen LogP contribution in [0.2, 0.25) is 0 Å². The van der Waals surface area contributed by atoms with Gasteiger partial charge < -0.3 is 4.74 Å². The van der Waals surface area contributed by atoms with Crippen LogP contribution in [0.25, 0.3) is 0 Å². The second-order valence-corrected chi connectivity index (χ2v) is 7.54. The monoisotopic (exact) mass is 342 g/mol. The van der Waals surface area contributed by atoms with Crippen molar-refractivity contribution in [2.45, 2.75) is 24.8 Å². The highest BCUT2D eigenvalue weighted by Gasteiger charge is 2.31. The van der Waals surface area contributed by atoms with Crippen LogP contribution in [0, 0.1) is 6.92 Å². The van der Waals surface area contributed by atoms with Gasteiger partial charge in [0.1, 0.15) is 11.9 Å². The summed E-state index contributed by atoms with van der Waals surface area (Å²) in [7, 11) is 0. The van der Waals surface area contributed by atoms with Crippen LogP contribution in [-0.2, 0) is 6.42 Å². The molecular formula is C14H12BrClOS. The van der Waals surface area contributed by atoms with Gasteiger partial charge in [-0.1, -0.05) is 18.2 Å². The Morgan fingerprint density at radius 2 is 2.22 bits per heavy atom. The zero-order valence-electron chi connectivity index (χ0n) is 9.82. The van der Waals surface area contributed by atoms with E-state index in [1.165, 1.54) is 16.0 Å². The van der Waals surface area contributed by atoms with E-state index in [-0.39, 0.29) is 11.5 Å². The third kappa shape index (κ3) is 2.20. The molecule has 2 unspecified atom stereocenters. The van der Waals surface area contributed by atoms with Crippen LogP contribution in [0.15, 0.2) is 34.1 Å². The van der Waals surface area contributed by atoms with Gasteiger partial charge in [-0.2, -0.15) is 0 Å². The number of alkyl halides is 1. The first-order valence-electron chi connectivity index (χ1n) is 5.79. The Kier molecular flexibility index (Phi) is 3.39. The topological polar surface area (TPSA) is 9.23 Å². The van der Waals surface area contributed by atoms with Crippen molar-refractivity contribution in [2.75, 3.05) is 0 Å². The molecular weight excluding hydrogens is 332 g/mol. The van der Waals surface area contributed by atoms with E-state index in [1.807, 2.05) is 18.2 Å². The molecule has 0 radical (unpaired) electrons. The fourth-order valence-corrected chi connectivity index (χ4v) is 4.49. The van der Waals surface area contributed by atoms with Crippen molar-refractivity contribution in [1.29, 1.82) is 0 Å². The van der Waals surface area contributed by atoms with Gasteiger partial charge in [0.25, 0.3) is 0 Å². The van der Waals surface area contributed by atoms with Crippen LogP contribution in [0.3, 0.4) is 0 Å². The quantitative estimate of drug-likeness (QED) is 0.689. The molecule has 0 amide bonds. The maximum atomic E-state index is 6.58. The van der Waals surface area contributed by atoms with E-state index in [0.717, 1.165) is 16.0 Å². The highest BCUT2D eigenvalue weighted by molar-refractivity contribution is 9.11. The van der Waals surface area contributed by atoms with E-state index in [0.29, 0.717) is 0 Å². The van der Waals surface area contributed by atoms with Crippen LogP contribution < -0.4 is 4.74 Å². The number of thiophene rings is 1. The summed E-state index contributed by atoms with van der Waals surface area (Å²) in [4.78, 5) is 1.25. The minimum atomic E-state index is -0.0973. The molecule has 3 rings (SSSR count). The molecule has 1 aromatic carbocycles. The van der Waals surface area contributed by atoms with E-state index >= 15 is 0 Å². The summed E-state index contributed by atoms with van der Waals surface area (Å²) in [6, 6.07) is 10.3. The molecule has 0 saturated carbocycles. The van der Waals surface area contributed by atoms with Crippen molar-refractivity contribution in [3.8, 4) is 5.75 Å². The number of benzene rings is 1. The molecule has 0 N–H and O–H groups in total. The van der Waals surface area contributed by atoms with E-state index in [9.17, 15) is 0 Å². The van der Waals surface area contributed by atoms with E-state index in [2.05, 4.69) is 35.0 Å². The highest BCUT2D eigenvalue weighted by atomic mass is 79.9. The van der Waals surface area contributed by atoms with Crippen LogP contribution >= 0.6 is 38.9 Å². The maximum absolute atomic E-state index is 6.58. The molecule has 0 saturated heterocycles.